The Morgan fingerprint density at radius 1 is 1.10 bits per heavy atom. The minimum absolute atomic E-state index is 0.0306. The zero-order chi connectivity index (χ0) is 21.4. The summed E-state index contributed by atoms with van der Waals surface area (Å²) < 4.78 is 18.9. The van der Waals surface area contributed by atoms with Gasteiger partial charge in [0.05, 0.1) is 11.5 Å². The first-order valence-electron chi connectivity index (χ1n) is 10.2. The highest BCUT2D eigenvalue weighted by molar-refractivity contribution is 6.01. The van der Waals surface area contributed by atoms with E-state index < -0.39 is 0 Å². The summed E-state index contributed by atoms with van der Waals surface area (Å²) in [5.41, 5.74) is 0.824. The lowest BCUT2D eigenvalue weighted by atomic mass is 9.96. The first-order chi connectivity index (χ1) is 15.1. The molecule has 1 amide bonds. The number of aromatic nitrogens is 2. The third-order valence-electron chi connectivity index (χ3n) is 5.68. The maximum atomic E-state index is 13.5. The first kappa shape index (κ1) is 19.2. The van der Waals surface area contributed by atoms with Crippen molar-refractivity contribution in [2.24, 2.45) is 0 Å². The number of carbonyl (C=O) groups excluding carboxylic acids is 1. The van der Waals surface area contributed by atoms with Gasteiger partial charge in [0, 0.05) is 18.7 Å². The molecule has 7 heteroatoms. The molecule has 156 valence electrons. The van der Waals surface area contributed by atoms with Crippen LogP contribution in [0.2, 0.25) is 0 Å². The number of hydrogen-bond donors (Lipinski definition) is 1. The van der Waals surface area contributed by atoms with E-state index in [1.54, 1.807) is 29.2 Å². The zero-order valence-corrected chi connectivity index (χ0v) is 16.7. The quantitative estimate of drug-likeness (QED) is 0.520. The summed E-state index contributed by atoms with van der Waals surface area (Å²) in [6, 6.07) is 17.0. The van der Waals surface area contributed by atoms with Crippen LogP contribution in [0.1, 0.15) is 35.0 Å². The maximum absolute atomic E-state index is 13.5. The minimum atomic E-state index is -0.367. The molecule has 1 aliphatic rings. The van der Waals surface area contributed by atoms with E-state index in [9.17, 15) is 14.3 Å². The lowest BCUT2D eigenvalue weighted by Crippen LogP contribution is -2.39. The van der Waals surface area contributed by atoms with Gasteiger partial charge in [0.15, 0.2) is 0 Å². The molecule has 0 saturated carbocycles. The Hall–Kier alpha value is -3.74. The third-order valence-corrected chi connectivity index (χ3v) is 5.68. The number of carbonyl (C=O) groups is 1. The average Bonchev–Trinajstić information content (AvgIpc) is 3.29. The highest BCUT2D eigenvalue weighted by Gasteiger charge is 2.30. The summed E-state index contributed by atoms with van der Waals surface area (Å²) in [5.74, 6) is 0.0167. The second-order valence-electron chi connectivity index (χ2n) is 7.77. The summed E-state index contributed by atoms with van der Waals surface area (Å²) in [5, 5.41) is 16.2. The summed E-state index contributed by atoms with van der Waals surface area (Å²) in [6.45, 7) is 1.00. The summed E-state index contributed by atoms with van der Waals surface area (Å²) in [6.07, 6.45) is 1.58. The Balaban J connectivity index is 1.37. The number of rotatable bonds is 3. The topological polar surface area (TPSA) is 79.5 Å². The zero-order valence-electron chi connectivity index (χ0n) is 16.7. The van der Waals surface area contributed by atoms with Crippen LogP contribution in [0, 0.1) is 5.82 Å². The molecule has 0 spiro atoms. The molecule has 3 aromatic carbocycles. The Kier molecular flexibility index (Phi) is 4.86. The van der Waals surface area contributed by atoms with Crippen LogP contribution in [0.25, 0.3) is 22.2 Å². The fourth-order valence-corrected chi connectivity index (χ4v) is 4.08. The van der Waals surface area contributed by atoms with Crippen LogP contribution < -0.4 is 0 Å². The molecule has 1 unspecified atom stereocenters. The van der Waals surface area contributed by atoms with Crippen molar-refractivity contribution in [3.63, 3.8) is 0 Å². The van der Waals surface area contributed by atoms with E-state index in [0.29, 0.717) is 30.4 Å². The minimum Gasteiger partial charge on any atom is -0.507 e. The molecule has 6 nitrogen and oxygen atoms in total. The predicted octanol–water partition coefficient (Wildman–Crippen LogP) is 4.75. The molecule has 4 aromatic rings. The Bertz CT molecular complexity index is 1270. The van der Waals surface area contributed by atoms with Crippen LogP contribution in [-0.2, 0) is 0 Å². The van der Waals surface area contributed by atoms with Crippen molar-refractivity contribution < 1.29 is 18.8 Å². The maximum Gasteiger partial charge on any atom is 0.257 e. The number of likely N-dealkylation sites (tertiary alicyclic amines) is 1. The molecule has 0 aliphatic carbocycles. The van der Waals surface area contributed by atoms with E-state index in [4.69, 9.17) is 4.52 Å². The fourth-order valence-electron chi connectivity index (χ4n) is 4.08. The summed E-state index contributed by atoms with van der Waals surface area (Å²) in [7, 11) is 0. The first-order valence-corrected chi connectivity index (χ1v) is 10.2. The monoisotopic (exact) mass is 417 g/mol. The number of benzene rings is 3. The molecule has 0 radical (unpaired) electrons. The Labute approximate surface area is 177 Å². The van der Waals surface area contributed by atoms with E-state index in [1.807, 2.05) is 24.3 Å². The van der Waals surface area contributed by atoms with Crippen LogP contribution in [0.5, 0.6) is 5.75 Å². The van der Waals surface area contributed by atoms with Gasteiger partial charge in [-0.05, 0) is 47.9 Å². The second-order valence-corrected chi connectivity index (χ2v) is 7.77. The Morgan fingerprint density at radius 3 is 2.71 bits per heavy atom. The van der Waals surface area contributed by atoms with E-state index in [0.717, 1.165) is 23.6 Å². The van der Waals surface area contributed by atoms with E-state index in [1.165, 1.54) is 12.1 Å². The molecule has 2 heterocycles. The summed E-state index contributed by atoms with van der Waals surface area (Å²) in [4.78, 5) is 19.3. The van der Waals surface area contributed by atoms with E-state index >= 15 is 0 Å². The van der Waals surface area contributed by atoms with Crippen molar-refractivity contribution in [1.82, 2.24) is 15.0 Å². The lowest BCUT2D eigenvalue weighted by Gasteiger charge is -2.31. The van der Waals surface area contributed by atoms with Crippen molar-refractivity contribution in [3.05, 3.63) is 77.9 Å². The molecule has 5 rings (SSSR count). The van der Waals surface area contributed by atoms with E-state index in [2.05, 4.69) is 10.1 Å². The number of phenolic OH excluding ortho intramolecular Hbond substituents is 1. The number of fused-ring (bicyclic) bond motifs is 1. The van der Waals surface area contributed by atoms with Crippen molar-refractivity contribution in [2.75, 3.05) is 13.1 Å². The lowest BCUT2D eigenvalue weighted by molar-refractivity contribution is 0.0693. The molecule has 1 aliphatic heterocycles. The number of nitrogens with zero attached hydrogens (tertiary/aromatic N) is 3. The highest BCUT2D eigenvalue weighted by atomic mass is 19.1. The van der Waals surface area contributed by atoms with Gasteiger partial charge in [0.1, 0.15) is 11.6 Å². The van der Waals surface area contributed by atoms with E-state index in [-0.39, 0.29) is 29.0 Å². The number of aromatic hydroxyl groups is 1. The molecule has 0 bridgehead atoms. The van der Waals surface area contributed by atoms with Gasteiger partial charge < -0.3 is 14.5 Å². The molecule has 1 fully saturated rings. The smallest absolute Gasteiger partial charge is 0.257 e. The van der Waals surface area contributed by atoms with Gasteiger partial charge in [-0.1, -0.05) is 41.6 Å². The number of hydrogen-bond acceptors (Lipinski definition) is 5. The van der Waals surface area contributed by atoms with Gasteiger partial charge in [-0.2, -0.15) is 4.98 Å². The van der Waals surface area contributed by atoms with Crippen molar-refractivity contribution in [2.45, 2.75) is 18.8 Å². The number of amides is 1. The highest BCUT2D eigenvalue weighted by Crippen LogP contribution is 2.31. The fraction of sp³-hybridized carbons (Fsp3) is 0.208. The molecular weight excluding hydrogens is 397 g/mol. The Morgan fingerprint density at radius 2 is 1.90 bits per heavy atom. The summed E-state index contributed by atoms with van der Waals surface area (Å²) >= 11 is 0. The van der Waals surface area contributed by atoms with Crippen LogP contribution in [0.4, 0.5) is 4.39 Å². The van der Waals surface area contributed by atoms with Gasteiger partial charge in [0.2, 0.25) is 11.7 Å². The average molecular weight is 417 g/mol. The van der Waals surface area contributed by atoms with Crippen molar-refractivity contribution in [3.8, 4) is 17.1 Å². The predicted molar refractivity (Wildman–Crippen MR) is 113 cm³/mol. The van der Waals surface area contributed by atoms with Gasteiger partial charge in [0.25, 0.3) is 5.91 Å². The normalized spacial score (nSPS) is 16.5. The van der Waals surface area contributed by atoms with Gasteiger partial charge in [-0.25, -0.2) is 4.39 Å². The standard InChI is InChI=1S/C24H20FN3O3/c25-19-9-3-7-17(11-19)22-26-23(31-27-22)18-8-4-10-28(14-18)24(30)20-12-15-5-1-2-6-16(15)13-21(20)29/h1-3,5-7,9,11-13,18,29H,4,8,10,14H2. The van der Waals surface area contributed by atoms with Gasteiger partial charge in [-0.15, -0.1) is 0 Å². The molecule has 1 atom stereocenters. The largest absolute Gasteiger partial charge is 0.507 e. The van der Waals surface area contributed by atoms with Gasteiger partial charge in [-0.3, -0.25) is 4.79 Å². The number of halogens is 1. The van der Waals surface area contributed by atoms with Crippen molar-refractivity contribution in [1.29, 1.82) is 0 Å². The number of phenols is 1. The van der Waals surface area contributed by atoms with Crippen LogP contribution in [0.15, 0.2) is 65.2 Å². The van der Waals surface area contributed by atoms with Gasteiger partial charge >= 0.3 is 0 Å². The molecular formula is C24H20FN3O3. The molecule has 1 N–H and O–H groups in total. The SMILES string of the molecule is O=C(c1cc2ccccc2cc1O)N1CCCC(c2nc(-c3cccc(F)c3)no2)C1. The van der Waals surface area contributed by atoms with Crippen LogP contribution in [0.3, 0.4) is 0 Å². The van der Waals surface area contributed by atoms with Crippen molar-refractivity contribution >= 4 is 16.7 Å². The van der Waals surface area contributed by atoms with Crippen LogP contribution in [-0.4, -0.2) is 39.1 Å². The third kappa shape index (κ3) is 3.74. The molecule has 1 saturated heterocycles. The van der Waals surface area contributed by atoms with Crippen LogP contribution >= 0.6 is 0 Å². The second kappa shape index (κ2) is 7.83. The number of piperidine rings is 1. The molecule has 31 heavy (non-hydrogen) atoms. The molecule has 1 aromatic heterocycles.